The number of hydrogen-bond acceptors (Lipinski definition) is 5. The van der Waals surface area contributed by atoms with E-state index in [4.69, 9.17) is 21.0 Å². The lowest BCUT2D eigenvalue weighted by molar-refractivity contribution is 0.256. The predicted octanol–water partition coefficient (Wildman–Crippen LogP) is 4.86. The predicted molar refractivity (Wildman–Crippen MR) is 128 cm³/mol. The first-order valence-electron chi connectivity index (χ1n) is 11.2. The van der Waals surface area contributed by atoms with Gasteiger partial charge in [-0.25, -0.2) is 4.98 Å². The molecule has 6 heteroatoms. The fourth-order valence-electron chi connectivity index (χ4n) is 4.03. The summed E-state index contributed by atoms with van der Waals surface area (Å²) in [7, 11) is 0. The van der Waals surface area contributed by atoms with Crippen molar-refractivity contribution in [1.29, 1.82) is 0 Å². The first-order valence-corrected chi connectivity index (χ1v) is 11.6. The maximum atomic E-state index is 6.13. The maximum Gasteiger partial charge on any atom is 0.208 e. The Hall–Kier alpha value is -2.34. The van der Waals surface area contributed by atoms with E-state index in [1.807, 2.05) is 36.4 Å². The summed E-state index contributed by atoms with van der Waals surface area (Å²) in [6.45, 7) is 8.95. The molecule has 5 nitrogen and oxygen atoms in total. The van der Waals surface area contributed by atoms with E-state index in [-0.39, 0.29) is 0 Å². The van der Waals surface area contributed by atoms with Gasteiger partial charge < -0.3 is 14.6 Å². The Morgan fingerprint density at radius 1 is 1.03 bits per heavy atom. The van der Waals surface area contributed by atoms with E-state index in [9.17, 15) is 0 Å². The van der Waals surface area contributed by atoms with Gasteiger partial charge in [0.2, 0.25) is 5.89 Å². The summed E-state index contributed by atoms with van der Waals surface area (Å²) in [5.41, 5.74) is 3.32. The molecule has 1 aliphatic heterocycles. The van der Waals surface area contributed by atoms with E-state index >= 15 is 0 Å². The third kappa shape index (κ3) is 5.88. The Morgan fingerprint density at radius 3 is 2.58 bits per heavy atom. The number of aromatic nitrogens is 1. The van der Waals surface area contributed by atoms with E-state index < -0.39 is 0 Å². The van der Waals surface area contributed by atoms with E-state index in [2.05, 4.69) is 40.2 Å². The molecule has 0 spiro atoms. The number of piperazine rings is 1. The van der Waals surface area contributed by atoms with Gasteiger partial charge in [-0.3, -0.25) is 4.90 Å². The van der Waals surface area contributed by atoms with E-state index in [1.165, 1.54) is 5.69 Å². The van der Waals surface area contributed by atoms with Gasteiger partial charge in [0.15, 0.2) is 0 Å². The molecule has 1 N–H and O–H groups in total. The summed E-state index contributed by atoms with van der Waals surface area (Å²) >= 11 is 6.13. The molecule has 0 atom stereocenters. The van der Waals surface area contributed by atoms with Crippen molar-refractivity contribution >= 4 is 17.3 Å². The fraction of sp³-hybridized carbons (Fsp3) is 0.400. The zero-order valence-electron chi connectivity index (χ0n) is 18.2. The lowest BCUT2D eigenvalue weighted by Gasteiger charge is -2.36. The van der Waals surface area contributed by atoms with Gasteiger partial charge >= 0.3 is 0 Å². The number of hydrogen-bond donors (Lipinski definition) is 1. The number of benzene rings is 2. The Kier molecular flexibility index (Phi) is 7.62. The largest absolute Gasteiger partial charge is 0.444 e. The first kappa shape index (κ1) is 21.9. The number of aryl methyl sites for hydroxylation is 1. The minimum Gasteiger partial charge on any atom is -0.444 e. The molecule has 1 fully saturated rings. The Bertz CT molecular complexity index is 951. The summed E-state index contributed by atoms with van der Waals surface area (Å²) in [6, 6.07) is 18.4. The molecule has 2 aromatic carbocycles. The van der Waals surface area contributed by atoms with Crippen LogP contribution in [0.1, 0.15) is 25.0 Å². The lowest BCUT2D eigenvalue weighted by atomic mass is 10.1. The van der Waals surface area contributed by atoms with Crippen LogP contribution >= 0.6 is 11.6 Å². The van der Waals surface area contributed by atoms with Gasteiger partial charge in [-0.1, -0.05) is 54.9 Å². The highest BCUT2D eigenvalue weighted by molar-refractivity contribution is 6.30. The van der Waals surface area contributed by atoms with Crippen molar-refractivity contribution in [3.05, 3.63) is 71.3 Å². The van der Waals surface area contributed by atoms with Gasteiger partial charge in [0.05, 0.1) is 6.54 Å². The number of anilines is 1. The van der Waals surface area contributed by atoms with Crippen molar-refractivity contribution < 1.29 is 4.42 Å². The molecular weight excluding hydrogens is 408 g/mol. The van der Waals surface area contributed by atoms with Gasteiger partial charge in [0.1, 0.15) is 11.5 Å². The smallest absolute Gasteiger partial charge is 0.208 e. The maximum absolute atomic E-state index is 6.13. The van der Waals surface area contributed by atoms with Crippen molar-refractivity contribution in [1.82, 2.24) is 15.2 Å². The Morgan fingerprint density at radius 2 is 1.84 bits per heavy atom. The summed E-state index contributed by atoms with van der Waals surface area (Å²) in [5.74, 6) is 1.76. The standard InChI is InChI=1S/C25H31ClN4O/c1-2-7-23-25(20-8-4-3-5-9-20)28-24(31-23)19-27-12-13-29-14-16-30(17-15-29)22-11-6-10-21(26)18-22/h3-6,8-11,18,27H,2,7,12-17,19H2,1H3. The normalized spacial score (nSPS) is 14.8. The Balaban J connectivity index is 1.23. The quantitative estimate of drug-likeness (QED) is 0.483. The second kappa shape index (κ2) is 10.8. The van der Waals surface area contributed by atoms with Crippen LogP contribution in [0, 0.1) is 0 Å². The van der Waals surface area contributed by atoms with E-state index in [0.29, 0.717) is 6.54 Å². The molecule has 0 aliphatic carbocycles. The van der Waals surface area contributed by atoms with Gasteiger partial charge in [0, 0.05) is 62.0 Å². The minimum absolute atomic E-state index is 0.659. The molecule has 4 rings (SSSR count). The molecule has 0 bridgehead atoms. The third-order valence-electron chi connectivity index (χ3n) is 5.69. The number of oxazole rings is 1. The number of nitrogens with one attached hydrogen (secondary N) is 1. The third-order valence-corrected chi connectivity index (χ3v) is 5.93. The zero-order chi connectivity index (χ0) is 21.5. The van der Waals surface area contributed by atoms with Gasteiger partial charge in [-0.05, 0) is 24.6 Å². The number of rotatable bonds is 9. The van der Waals surface area contributed by atoms with Crippen LogP contribution in [0.15, 0.2) is 59.0 Å². The van der Waals surface area contributed by atoms with Crippen molar-refractivity contribution in [2.24, 2.45) is 0 Å². The van der Waals surface area contributed by atoms with Crippen LogP contribution in [-0.4, -0.2) is 49.2 Å². The average Bonchev–Trinajstić information content (AvgIpc) is 3.21. The van der Waals surface area contributed by atoms with Crippen LogP contribution in [0.5, 0.6) is 0 Å². The molecule has 2 heterocycles. The summed E-state index contributed by atoms with van der Waals surface area (Å²) in [4.78, 5) is 9.68. The highest BCUT2D eigenvalue weighted by atomic mass is 35.5. The number of halogens is 1. The van der Waals surface area contributed by atoms with Gasteiger partial charge in [-0.15, -0.1) is 0 Å². The first-order chi connectivity index (χ1) is 15.2. The highest BCUT2D eigenvalue weighted by Crippen LogP contribution is 2.25. The molecule has 0 saturated carbocycles. The van der Waals surface area contributed by atoms with Crippen LogP contribution < -0.4 is 10.2 Å². The molecule has 0 radical (unpaired) electrons. The van der Waals surface area contributed by atoms with Crippen LogP contribution in [0.4, 0.5) is 5.69 Å². The molecule has 0 amide bonds. The summed E-state index contributed by atoms with van der Waals surface area (Å²) < 4.78 is 6.07. The average molecular weight is 439 g/mol. The molecule has 1 aliphatic rings. The van der Waals surface area contributed by atoms with Crippen LogP contribution in [-0.2, 0) is 13.0 Å². The highest BCUT2D eigenvalue weighted by Gasteiger charge is 2.17. The van der Waals surface area contributed by atoms with Crippen LogP contribution in [0.2, 0.25) is 5.02 Å². The molecule has 31 heavy (non-hydrogen) atoms. The molecule has 1 aromatic heterocycles. The second-order valence-electron chi connectivity index (χ2n) is 7.98. The van der Waals surface area contributed by atoms with Crippen molar-refractivity contribution in [3.63, 3.8) is 0 Å². The summed E-state index contributed by atoms with van der Waals surface area (Å²) in [5, 5.41) is 4.30. The second-order valence-corrected chi connectivity index (χ2v) is 8.42. The topological polar surface area (TPSA) is 44.5 Å². The molecule has 164 valence electrons. The molecular formula is C25H31ClN4O. The van der Waals surface area contributed by atoms with Crippen LogP contribution in [0.25, 0.3) is 11.3 Å². The van der Waals surface area contributed by atoms with E-state index in [1.54, 1.807) is 0 Å². The molecule has 0 unspecified atom stereocenters. The van der Waals surface area contributed by atoms with Gasteiger partial charge in [-0.2, -0.15) is 0 Å². The lowest BCUT2D eigenvalue weighted by Crippen LogP contribution is -2.48. The molecule has 3 aromatic rings. The molecule has 1 saturated heterocycles. The van der Waals surface area contributed by atoms with Crippen molar-refractivity contribution in [2.45, 2.75) is 26.3 Å². The summed E-state index contributed by atoms with van der Waals surface area (Å²) in [6.07, 6.45) is 1.96. The minimum atomic E-state index is 0.659. The number of nitrogens with zero attached hydrogens (tertiary/aromatic N) is 3. The van der Waals surface area contributed by atoms with Crippen molar-refractivity contribution in [2.75, 3.05) is 44.2 Å². The van der Waals surface area contributed by atoms with Crippen LogP contribution in [0.3, 0.4) is 0 Å². The fourth-order valence-corrected chi connectivity index (χ4v) is 4.21. The van der Waals surface area contributed by atoms with Crippen molar-refractivity contribution in [3.8, 4) is 11.3 Å². The monoisotopic (exact) mass is 438 g/mol. The zero-order valence-corrected chi connectivity index (χ0v) is 18.9. The Labute approximate surface area is 190 Å². The SMILES string of the molecule is CCCc1oc(CNCCN2CCN(c3cccc(Cl)c3)CC2)nc1-c1ccccc1. The van der Waals surface area contributed by atoms with Gasteiger partial charge in [0.25, 0.3) is 0 Å². The van der Waals surface area contributed by atoms with E-state index in [0.717, 1.165) is 80.0 Å².